The van der Waals surface area contributed by atoms with E-state index in [0.29, 0.717) is 0 Å². The van der Waals surface area contributed by atoms with Crippen LogP contribution in [0.4, 0.5) is 0 Å². The van der Waals surface area contributed by atoms with Gasteiger partial charge >= 0.3 is 0 Å². The van der Waals surface area contributed by atoms with Gasteiger partial charge < -0.3 is 0 Å². The molecule has 0 unspecified atom stereocenters. The van der Waals surface area contributed by atoms with E-state index in [1.54, 1.807) is 0 Å². The van der Waals surface area contributed by atoms with Crippen molar-refractivity contribution in [2.24, 2.45) is 0 Å². The highest BCUT2D eigenvalue weighted by Crippen LogP contribution is 2.62. The van der Waals surface area contributed by atoms with Crippen molar-refractivity contribution in [2.45, 2.75) is 39.5 Å². The monoisotopic (exact) mass is 390 g/mol. The highest BCUT2D eigenvalue weighted by Gasteiger charge is 2.52. The van der Waals surface area contributed by atoms with Crippen LogP contribution in [-0.4, -0.2) is 0 Å². The van der Waals surface area contributed by atoms with Crippen LogP contribution in [0.15, 0.2) is 125 Å². The Morgan fingerprint density at radius 3 is 1.87 bits per heavy atom. The minimum Gasteiger partial charge on any atom is -0.0873 e. The van der Waals surface area contributed by atoms with Crippen LogP contribution in [0.2, 0.25) is 0 Å². The number of hydrogen-bond acceptors (Lipinski definition) is 0. The zero-order valence-corrected chi connectivity index (χ0v) is 18.4. The van der Waals surface area contributed by atoms with Gasteiger partial charge in [-0.05, 0) is 78.7 Å². The molecule has 150 valence electrons. The van der Waals surface area contributed by atoms with Gasteiger partial charge in [-0.15, -0.1) is 0 Å². The summed E-state index contributed by atoms with van der Waals surface area (Å²) in [6.45, 7) is 8.46. The maximum atomic E-state index is 2.37. The van der Waals surface area contributed by atoms with E-state index >= 15 is 0 Å². The summed E-state index contributed by atoms with van der Waals surface area (Å²) in [5.41, 5.74) is 10.5. The molecule has 3 aliphatic rings. The molecule has 0 saturated heterocycles. The Balaban J connectivity index is 2.25. The summed E-state index contributed by atoms with van der Waals surface area (Å²) >= 11 is 0. The van der Waals surface area contributed by atoms with E-state index in [2.05, 4.69) is 125 Å². The lowest BCUT2D eigenvalue weighted by molar-refractivity contribution is 0.771. The van der Waals surface area contributed by atoms with Gasteiger partial charge in [0.2, 0.25) is 0 Å². The Bertz CT molecular complexity index is 1090. The molecule has 0 nitrogen and oxygen atoms in total. The highest BCUT2D eigenvalue weighted by molar-refractivity contribution is 5.95. The molecule has 0 saturated carbocycles. The van der Waals surface area contributed by atoms with Gasteiger partial charge in [-0.3, -0.25) is 0 Å². The van der Waals surface area contributed by atoms with Crippen LogP contribution in [0.25, 0.3) is 5.57 Å². The molecule has 0 heteroatoms. The van der Waals surface area contributed by atoms with Gasteiger partial charge in [0.15, 0.2) is 0 Å². The minimum absolute atomic E-state index is 0.292. The zero-order valence-electron chi connectivity index (χ0n) is 18.4. The fourth-order valence-electron chi connectivity index (χ4n) is 5.26. The summed E-state index contributed by atoms with van der Waals surface area (Å²) < 4.78 is 0. The molecule has 0 radical (unpaired) electrons. The first kappa shape index (κ1) is 20.2. The second-order valence-electron chi connectivity index (χ2n) is 7.82. The predicted molar refractivity (Wildman–Crippen MR) is 131 cm³/mol. The van der Waals surface area contributed by atoms with Crippen LogP contribution in [-0.2, 0) is 5.41 Å². The number of fused-ring (bicyclic) bond motifs is 4. The maximum Gasteiger partial charge on any atom is 0.0725 e. The van der Waals surface area contributed by atoms with Crippen LogP contribution in [0, 0.1) is 0 Å². The molecule has 0 aromatic heterocycles. The summed E-state index contributed by atoms with van der Waals surface area (Å²) in [4.78, 5) is 0. The van der Waals surface area contributed by atoms with Crippen LogP contribution in [0.1, 0.15) is 45.2 Å². The lowest BCUT2D eigenvalue weighted by Crippen LogP contribution is -2.28. The Kier molecular flexibility index (Phi) is 5.59. The third-order valence-corrected chi connectivity index (χ3v) is 6.17. The standard InChI is InChI=1S/C30H30/c1-5-14-22-23(15-6-2)27(17-8-4)30(26(22)16-7-3)28-20-11-9-10-18-24(28)25-19-12-13-21-29(25)30/h5-8,10-21H,9H2,1-4H3/b14-5-,15-6-,16-7-,17-8-. The Morgan fingerprint density at radius 2 is 1.27 bits per heavy atom. The Labute approximate surface area is 181 Å². The van der Waals surface area contributed by atoms with E-state index in [9.17, 15) is 0 Å². The number of benzene rings is 1. The molecule has 0 heterocycles. The molecule has 0 N–H and O–H groups in total. The van der Waals surface area contributed by atoms with Gasteiger partial charge in [-0.1, -0.05) is 97.2 Å². The first-order valence-corrected chi connectivity index (χ1v) is 10.9. The quantitative estimate of drug-likeness (QED) is 0.487. The molecule has 0 bridgehead atoms. The van der Waals surface area contributed by atoms with E-state index in [1.165, 1.54) is 44.6 Å². The maximum absolute atomic E-state index is 2.37. The summed E-state index contributed by atoms with van der Waals surface area (Å²) in [6, 6.07) is 8.96. The molecular formula is C30H30. The van der Waals surface area contributed by atoms with Crippen molar-refractivity contribution in [3.8, 4) is 0 Å². The molecule has 3 aliphatic carbocycles. The molecule has 0 atom stereocenters. The van der Waals surface area contributed by atoms with E-state index in [4.69, 9.17) is 0 Å². The molecule has 30 heavy (non-hydrogen) atoms. The van der Waals surface area contributed by atoms with Gasteiger partial charge in [-0.2, -0.15) is 0 Å². The normalized spacial score (nSPS) is 20.3. The van der Waals surface area contributed by atoms with Gasteiger partial charge in [0.1, 0.15) is 0 Å². The van der Waals surface area contributed by atoms with Crippen LogP contribution < -0.4 is 0 Å². The van der Waals surface area contributed by atoms with Crippen molar-refractivity contribution in [3.63, 3.8) is 0 Å². The van der Waals surface area contributed by atoms with Crippen molar-refractivity contribution in [3.05, 3.63) is 136 Å². The van der Waals surface area contributed by atoms with E-state index < -0.39 is 0 Å². The average Bonchev–Trinajstić information content (AvgIpc) is 3.01. The van der Waals surface area contributed by atoms with Crippen molar-refractivity contribution in [1.29, 1.82) is 0 Å². The molecule has 0 aliphatic heterocycles. The summed E-state index contributed by atoms with van der Waals surface area (Å²) in [5, 5.41) is 0. The zero-order chi connectivity index (χ0) is 21.1. The van der Waals surface area contributed by atoms with Gasteiger partial charge in [0.05, 0.1) is 5.41 Å². The summed E-state index contributed by atoms with van der Waals surface area (Å²) in [6.07, 6.45) is 28.1. The fourth-order valence-corrected chi connectivity index (χ4v) is 5.26. The van der Waals surface area contributed by atoms with Gasteiger partial charge in [-0.25, -0.2) is 0 Å². The Morgan fingerprint density at radius 1 is 0.700 bits per heavy atom. The highest BCUT2D eigenvalue weighted by atomic mass is 14.5. The average molecular weight is 391 g/mol. The molecule has 1 spiro atoms. The SMILES string of the molecule is C/C=C\C1=C(/C=C\C)C2(C3=C(C=CCC=C3)c3ccccc32)C(/C=C\C)=C1/C=C\C. The summed E-state index contributed by atoms with van der Waals surface area (Å²) in [7, 11) is 0. The van der Waals surface area contributed by atoms with E-state index in [1.807, 2.05) is 0 Å². The molecule has 0 amide bonds. The lowest BCUT2D eigenvalue weighted by atomic mass is 9.67. The topological polar surface area (TPSA) is 0 Å². The largest absolute Gasteiger partial charge is 0.0873 e. The van der Waals surface area contributed by atoms with Crippen molar-refractivity contribution in [2.75, 3.05) is 0 Å². The first-order chi connectivity index (χ1) is 14.7. The summed E-state index contributed by atoms with van der Waals surface area (Å²) in [5.74, 6) is 0. The third kappa shape index (κ3) is 2.75. The Hall–Kier alpha value is -3.12. The molecule has 1 aromatic carbocycles. The number of rotatable bonds is 4. The third-order valence-electron chi connectivity index (χ3n) is 6.17. The molecule has 1 aromatic rings. The van der Waals surface area contributed by atoms with E-state index in [0.717, 1.165) is 6.42 Å². The fraction of sp³-hybridized carbons (Fsp3) is 0.200. The smallest absolute Gasteiger partial charge is 0.0725 e. The van der Waals surface area contributed by atoms with E-state index in [-0.39, 0.29) is 5.41 Å². The van der Waals surface area contributed by atoms with Gasteiger partial charge in [0.25, 0.3) is 0 Å². The minimum atomic E-state index is -0.292. The van der Waals surface area contributed by atoms with Crippen molar-refractivity contribution in [1.82, 2.24) is 0 Å². The second kappa shape index (κ2) is 8.32. The van der Waals surface area contributed by atoms with Crippen molar-refractivity contribution >= 4 is 5.57 Å². The second-order valence-corrected chi connectivity index (χ2v) is 7.82. The van der Waals surface area contributed by atoms with Crippen LogP contribution >= 0.6 is 0 Å². The van der Waals surface area contributed by atoms with Crippen molar-refractivity contribution < 1.29 is 0 Å². The van der Waals surface area contributed by atoms with Crippen LogP contribution in [0.3, 0.4) is 0 Å². The lowest BCUT2D eigenvalue weighted by Gasteiger charge is -2.33. The van der Waals surface area contributed by atoms with Crippen LogP contribution in [0.5, 0.6) is 0 Å². The molecule has 0 fully saturated rings. The van der Waals surface area contributed by atoms with Gasteiger partial charge in [0, 0.05) is 0 Å². The number of allylic oxidation sites excluding steroid dienone is 18. The first-order valence-electron chi connectivity index (χ1n) is 10.9. The predicted octanol–water partition coefficient (Wildman–Crippen LogP) is 8.12. The molecular weight excluding hydrogens is 360 g/mol. The molecule has 4 rings (SSSR count). The number of hydrogen-bond donors (Lipinski definition) is 0.